The molecule has 1 atom stereocenters. The summed E-state index contributed by atoms with van der Waals surface area (Å²) in [5, 5.41) is 5.87. The number of imidazole rings is 1. The van der Waals surface area contributed by atoms with E-state index < -0.39 is 23.7 Å². The molecule has 0 saturated heterocycles. The van der Waals surface area contributed by atoms with E-state index in [2.05, 4.69) is 20.6 Å². The number of hydrogen-bond donors (Lipinski definition) is 3. The Balaban J connectivity index is 1.48. The van der Waals surface area contributed by atoms with Gasteiger partial charge >= 0.3 is 12.1 Å². The Morgan fingerprint density at radius 1 is 1.17 bits per heavy atom. The normalized spacial score (nSPS) is 14.9. The van der Waals surface area contributed by atoms with Crippen LogP contribution < -0.4 is 10.6 Å². The Morgan fingerprint density at radius 2 is 1.93 bits per heavy atom. The van der Waals surface area contributed by atoms with Gasteiger partial charge in [0.1, 0.15) is 17.5 Å². The fourth-order valence-electron chi connectivity index (χ4n) is 4.70. The Labute approximate surface area is 244 Å². The number of carbonyl (C=O) groups excluding carboxylic acids is 4. The minimum absolute atomic E-state index is 0.150. The van der Waals surface area contributed by atoms with Crippen molar-refractivity contribution in [2.24, 2.45) is 0 Å². The first-order valence-corrected chi connectivity index (χ1v) is 13.8. The van der Waals surface area contributed by atoms with Crippen LogP contribution in [0.5, 0.6) is 0 Å². The van der Waals surface area contributed by atoms with E-state index in [1.165, 1.54) is 7.11 Å². The van der Waals surface area contributed by atoms with Crippen molar-refractivity contribution in [2.75, 3.05) is 32.6 Å². The first-order chi connectivity index (χ1) is 19.9. The van der Waals surface area contributed by atoms with E-state index in [0.717, 1.165) is 16.6 Å². The van der Waals surface area contributed by atoms with Crippen molar-refractivity contribution < 1.29 is 28.7 Å². The number of rotatable bonds is 9. The van der Waals surface area contributed by atoms with Crippen LogP contribution in [0.25, 0.3) is 11.0 Å². The third kappa shape index (κ3) is 7.77. The van der Waals surface area contributed by atoms with Gasteiger partial charge in [-0.15, -0.1) is 0 Å². The lowest BCUT2D eigenvalue weighted by Crippen LogP contribution is -2.43. The first-order valence-electron chi connectivity index (χ1n) is 13.8. The molecule has 0 saturated carbocycles. The summed E-state index contributed by atoms with van der Waals surface area (Å²) in [5.74, 6) is -0.322. The SMILES string of the molecule is COC(=O)C[C@@H]1Nc2ccc(C(=O)N(C)Cc3nc4ccccc4[nH]3)cc2CN(CCCNC(=O)OC(C)(C)C)C1=O. The number of methoxy groups -OCH3 is 1. The number of aromatic nitrogens is 2. The lowest BCUT2D eigenvalue weighted by Gasteiger charge is -2.24. The molecule has 3 N–H and O–H groups in total. The smallest absolute Gasteiger partial charge is 0.407 e. The molecule has 3 amide bonds. The molecule has 12 heteroatoms. The summed E-state index contributed by atoms with van der Waals surface area (Å²) in [6.45, 7) is 6.47. The molecular weight excluding hydrogens is 540 g/mol. The molecule has 0 aliphatic carbocycles. The van der Waals surface area contributed by atoms with Gasteiger partial charge in [0.15, 0.2) is 0 Å². The first kappa shape index (κ1) is 30.4. The average molecular weight is 579 g/mol. The average Bonchev–Trinajstić information content (AvgIpc) is 3.29. The molecule has 0 unspecified atom stereocenters. The van der Waals surface area contributed by atoms with Gasteiger partial charge in [-0.3, -0.25) is 14.4 Å². The quantitative estimate of drug-likeness (QED) is 0.259. The topological polar surface area (TPSA) is 146 Å². The molecule has 0 spiro atoms. The zero-order valence-corrected chi connectivity index (χ0v) is 24.7. The number of esters is 1. The van der Waals surface area contributed by atoms with Crippen molar-refractivity contribution in [1.82, 2.24) is 25.1 Å². The monoisotopic (exact) mass is 578 g/mol. The van der Waals surface area contributed by atoms with Gasteiger partial charge in [-0.25, -0.2) is 9.78 Å². The summed E-state index contributed by atoms with van der Waals surface area (Å²) in [4.78, 5) is 61.9. The van der Waals surface area contributed by atoms with Gasteiger partial charge in [0.05, 0.1) is 31.1 Å². The van der Waals surface area contributed by atoms with Crippen molar-refractivity contribution >= 4 is 40.6 Å². The molecule has 0 fully saturated rings. The molecule has 2 aromatic carbocycles. The highest BCUT2D eigenvalue weighted by atomic mass is 16.6. The van der Waals surface area contributed by atoms with Crippen LogP contribution in [0.15, 0.2) is 42.5 Å². The Bertz CT molecular complexity index is 1430. The Kier molecular flexibility index (Phi) is 9.34. The summed E-state index contributed by atoms with van der Waals surface area (Å²) < 4.78 is 10.1. The van der Waals surface area contributed by atoms with Crippen LogP contribution in [0.3, 0.4) is 0 Å². The van der Waals surface area contributed by atoms with E-state index in [-0.39, 0.29) is 24.8 Å². The van der Waals surface area contributed by atoms with Gasteiger partial charge in [0.2, 0.25) is 5.91 Å². The third-order valence-electron chi connectivity index (χ3n) is 6.70. The van der Waals surface area contributed by atoms with Crippen LogP contribution in [-0.2, 0) is 32.2 Å². The lowest BCUT2D eigenvalue weighted by molar-refractivity contribution is -0.144. The van der Waals surface area contributed by atoms with E-state index in [1.807, 2.05) is 24.3 Å². The second kappa shape index (κ2) is 12.9. The highest BCUT2D eigenvalue weighted by molar-refractivity contribution is 5.96. The van der Waals surface area contributed by atoms with Gasteiger partial charge < -0.3 is 34.9 Å². The van der Waals surface area contributed by atoms with Crippen molar-refractivity contribution in [2.45, 2.75) is 58.3 Å². The van der Waals surface area contributed by atoms with Crippen LogP contribution in [0, 0.1) is 0 Å². The fourth-order valence-corrected chi connectivity index (χ4v) is 4.70. The molecule has 1 aromatic heterocycles. The molecule has 0 bridgehead atoms. The highest BCUT2D eigenvalue weighted by Crippen LogP contribution is 2.26. The summed E-state index contributed by atoms with van der Waals surface area (Å²) in [6.07, 6.45) is -0.220. The number of ether oxygens (including phenoxy) is 2. The van der Waals surface area contributed by atoms with Crippen molar-refractivity contribution in [3.05, 3.63) is 59.4 Å². The van der Waals surface area contributed by atoms with Crippen molar-refractivity contribution in [3.63, 3.8) is 0 Å². The number of fused-ring (bicyclic) bond motifs is 2. The summed E-state index contributed by atoms with van der Waals surface area (Å²) >= 11 is 0. The number of aromatic amines is 1. The molecule has 4 rings (SSSR count). The number of para-hydroxylation sites is 2. The number of alkyl carbamates (subject to hydrolysis) is 1. The predicted octanol–water partition coefficient (Wildman–Crippen LogP) is 3.44. The largest absolute Gasteiger partial charge is 0.469 e. The van der Waals surface area contributed by atoms with E-state index in [4.69, 9.17) is 9.47 Å². The molecule has 3 aromatic rings. The van der Waals surface area contributed by atoms with E-state index in [9.17, 15) is 19.2 Å². The number of nitrogens with one attached hydrogen (secondary N) is 3. The van der Waals surface area contributed by atoms with Crippen molar-refractivity contribution in [1.29, 1.82) is 0 Å². The molecule has 1 aliphatic heterocycles. The molecule has 1 aliphatic rings. The van der Waals surface area contributed by atoms with Gasteiger partial charge in [-0.1, -0.05) is 12.1 Å². The van der Waals surface area contributed by atoms with Crippen molar-refractivity contribution in [3.8, 4) is 0 Å². The number of H-pyrrole nitrogens is 1. The van der Waals surface area contributed by atoms with Crippen LogP contribution >= 0.6 is 0 Å². The molecule has 224 valence electrons. The maximum absolute atomic E-state index is 13.4. The minimum atomic E-state index is -0.838. The van der Waals surface area contributed by atoms with Gasteiger partial charge in [0.25, 0.3) is 5.91 Å². The number of nitrogens with zero attached hydrogens (tertiary/aromatic N) is 3. The zero-order valence-electron chi connectivity index (χ0n) is 24.7. The third-order valence-corrected chi connectivity index (χ3v) is 6.70. The second-order valence-electron chi connectivity index (χ2n) is 11.3. The van der Waals surface area contributed by atoms with E-state index >= 15 is 0 Å². The molecule has 42 heavy (non-hydrogen) atoms. The second-order valence-corrected chi connectivity index (χ2v) is 11.3. The standard InChI is InChI=1S/C30H38N6O6/c1-30(2,3)42-29(40)31-13-8-14-36-17-20-15-19(11-12-21(20)32-24(28(36)39)16-26(37)41-5)27(38)35(4)18-25-33-22-9-6-7-10-23(22)34-25/h6-7,9-12,15,24,32H,8,13-14,16-18H2,1-5H3,(H,31,40)(H,33,34)/t24-/m0/s1. The van der Waals surface area contributed by atoms with Crippen LogP contribution in [-0.4, -0.2) is 82.5 Å². The van der Waals surface area contributed by atoms with Crippen LogP contribution in [0.1, 0.15) is 55.4 Å². The number of benzene rings is 2. The number of hydrogen-bond acceptors (Lipinski definition) is 8. The van der Waals surface area contributed by atoms with Gasteiger partial charge in [-0.05, 0) is 63.1 Å². The maximum atomic E-state index is 13.4. The number of anilines is 1. The van der Waals surface area contributed by atoms with E-state index in [1.54, 1.807) is 55.8 Å². The van der Waals surface area contributed by atoms with Gasteiger partial charge in [-0.2, -0.15) is 0 Å². The molecule has 12 nitrogen and oxygen atoms in total. The van der Waals surface area contributed by atoms with Crippen LogP contribution in [0.2, 0.25) is 0 Å². The minimum Gasteiger partial charge on any atom is -0.469 e. The molecule has 0 radical (unpaired) electrons. The zero-order chi connectivity index (χ0) is 30.4. The Hall–Kier alpha value is -4.61. The van der Waals surface area contributed by atoms with E-state index in [0.29, 0.717) is 43.1 Å². The predicted molar refractivity (Wildman–Crippen MR) is 157 cm³/mol. The summed E-state index contributed by atoms with van der Waals surface area (Å²) in [5.41, 5.74) is 2.96. The lowest BCUT2D eigenvalue weighted by atomic mass is 10.1. The van der Waals surface area contributed by atoms with Crippen LogP contribution in [0.4, 0.5) is 10.5 Å². The van der Waals surface area contributed by atoms with Gasteiger partial charge in [0, 0.05) is 37.9 Å². The summed E-state index contributed by atoms with van der Waals surface area (Å²) in [7, 11) is 2.98. The Morgan fingerprint density at radius 3 is 2.64 bits per heavy atom. The summed E-state index contributed by atoms with van der Waals surface area (Å²) in [6, 6.07) is 12.0. The maximum Gasteiger partial charge on any atom is 0.407 e. The fraction of sp³-hybridized carbons (Fsp3) is 0.433. The molecule has 2 heterocycles. The highest BCUT2D eigenvalue weighted by Gasteiger charge is 2.31. The number of carbonyl (C=O) groups is 4. The number of amides is 3. The molecular formula is C30H38N6O6.